The minimum absolute atomic E-state index is 0.103. The third kappa shape index (κ3) is 2.78. The van der Waals surface area contributed by atoms with Gasteiger partial charge in [-0.05, 0) is 31.5 Å². The van der Waals surface area contributed by atoms with Gasteiger partial charge < -0.3 is 0 Å². The van der Waals surface area contributed by atoms with E-state index in [9.17, 15) is 4.79 Å². The van der Waals surface area contributed by atoms with Crippen LogP contribution in [0.5, 0.6) is 0 Å². The highest BCUT2D eigenvalue weighted by atomic mass is 16.1. The molecule has 0 aliphatic heterocycles. The summed E-state index contributed by atoms with van der Waals surface area (Å²) in [6.45, 7) is 4.72. The molecule has 0 amide bonds. The number of ketones is 1. The number of aryl methyl sites for hydroxylation is 2. The second kappa shape index (κ2) is 4.91. The zero-order chi connectivity index (χ0) is 12.3. The summed E-state index contributed by atoms with van der Waals surface area (Å²) < 4.78 is 1.82. The van der Waals surface area contributed by atoms with Gasteiger partial charge in [-0.1, -0.05) is 0 Å². The Morgan fingerprint density at radius 3 is 2.94 bits per heavy atom. The first-order valence-corrected chi connectivity index (χ1v) is 5.66. The molecule has 0 fully saturated rings. The molecule has 0 aliphatic carbocycles. The molecule has 0 aliphatic rings. The molecule has 2 aromatic rings. The number of hydrogen-bond donors (Lipinski definition) is 0. The normalized spacial score (nSPS) is 10.5. The second-order valence-corrected chi connectivity index (χ2v) is 3.99. The minimum Gasteiger partial charge on any atom is -0.294 e. The van der Waals surface area contributed by atoms with E-state index in [2.05, 4.69) is 10.1 Å². The third-order valence-electron chi connectivity index (χ3n) is 2.59. The summed E-state index contributed by atoms with van der Waals surface area (Å²) in [4.78, 5) is 16.1. The second-order valence-electron chi connectivity index (χ2n) is 3.99. The van der Waals surface area contributed by atoms with E-state index in [4.69, 9.17) is 0 Å². The van der Waals surface area contributed by atoms with Crippen molar-refractivity contribution >= 4 is 5.78 Å². The number of carbonyl (C=O) groups is 1. The van der Waals surface area contributed by atoms with Gasteiger partial charge in [-0.2, -0.15) is 5.10 Å². The number of nitrogens with zero attached hydrogens (tertiary/aromatic N) is 3. The van der Waals surface area contributed by atoms with Gasteiger partial charge in [-0.25, -0.2) is 0 Å². The fourth-order valence-electron chi connectivity index (χ4n) is 1.68. The van der Waals surface area contributed by atoms with Crippen LogP contribution in [0.15, 0.2) is 30.7 Å². The van der Waals surface area contributed by atoms with E-state index < -0.39 is 0 Å². The Morgan fingerprint density at radius 1 is 1.47 bits per heavy atom. The van der Waals surface area contributed by atoms with E-state index in [1.165, 1.54) is 0 Å². The number of hydrogen-bond acceptors (Lipinski definition) is 3. The molecule has 0 bridgehead atoms. The van der Waals surface area contributed by atoms with Crippen LogP contribution in [0.3, 0.4) is 0 Å². The highest BCUT2D eigenvalue weighted by Crippen LogP contribution is 2.07. The maximum Gasteiger partial charge on any atom is 0.167 e. The van der Waals surface area contributed by atoms with E-state index in [1.54, 1.807) is 18.5 Å². The molecule has 0 aromatic carbocycles. The number of carbonyl (C=O) groups excluding carboxylic acids is 1. The molecule has 0 N–H and O–H groups in total. The first-order valence-electron chi connectivity index (χ1n) is 5.66. The standard InChI is InChI=1S/C13H15N3O/c1-3-16-9-11(8-15-16)7-13(17)12-4-5-14-10(2)6-12/h4-6,8-9H,3,7H2,1-2H3. The fraction of sp³-hybridized carbons (Fsp3) is 0.308. The Morgan fingerprint density at radius 2 is 2.29 bits per heavy atom. The molecular formula is C13H15N3O. The third-order valence-corrected chi connectivity index (χ3v) is 2.59. The SMILES string of the molecule is CCn1cc(CC(=O)c2ccnc(C)c2)cn1. The van der Waals surface area contributed by atoms with Gasteiger partial charge in [-0.15, -0.1) is 0 Å². The molecule has 4 heteroatoms. The van der Waals surface area contributed by atoms with Gasteiger partial charge in [0.15, 0.2) is 5.78 Å². The zero-order valence-corrected chi connectivity index (χ0v) is 10.1. The summed E-state index contributed by atoms with van der Waals surface area (Å²) in [7, 11) is 0. The predicted molar refractivity (Wildman–Crippen MR) is 64.9 cm³/mol. The molecule has 4 nitrogen and oxygen atoms in total. The molecule has 0 unspecified atom stereocenters. The summed E-state index contributed by atoms with van der Waals surface area (Å²) in [5.74, 6) is 0.103. The molecule has 2 aromatic heterocycles. The van der Waals surface area contributed by atoms with Crippen molar-refractivity contribution in [2.75, 3.05) is 0 Å². The van der Waals surface area contributed by atoms with Gasteiger partial charge in [0.1, 0.15) is 0 Å². The smallest absolute Gasteiger partial charge is 0.167 e. The number of pyridine rings is 1. The summed E-state index contributed by atoms with van der Waals surface area (Å²) in [5, 5.41) is 4.15. The van der Waals surface area contributed by atoms with E-state index in [-0.39, 0.29) is 5.78 Å². The van der Waals surface area contributed by atoms with Crippen LogP contribution >= 0.6 is 0 Å². The monoisotopic (exact) mass is 229 g/mol. The molecule has 0 atom stereocenters. The Labute approximate surface area is 100 Å². The molecule has 0 spiro atoms. The maximum atomic E-state index is 12.0. The zero-order valence-electron chi connectivity index (χ0n) is 10.1. The van der Waals surface area contributed by atoms with E-state index in [0.717, 1.165) is 17.8 Å². The van der Waals surface area contributed by atoms with Gasteiger partial charge in [0.05, 0.1) is 6.20 Å². The summed E-state index contributed by atoms with van der Waals surface area (Å²) >= 11 is 0. The molecular weight excluding hydrogens is 214 g/mol. The topological polar surface area (TPSA) is 47.8 Å². The van der Waals surface area contributed by atoms with Crippen LogP contribution in [-0.2, 0) is 13.0 Å². The van der Waals surface area contributed by atoms with Crippen molar-refractivity contribution in [2.45, 2.75) is 26.8 Å². The Kier molecular flexibility index (Phi) is 3.32. The highest BCUT2D eigenvalue weighted by Gasteiger charge is 2.08. The van der Waals surface area contributed by atoms with Crippen molar-refractivity contribution in [3.05, 3.63) is 47.5 Å². The van der Waals surface area contributed by atoms with Crippen molar-refractivity contribution in [1.82, 2.24) is 14.8 Å². The average Bonchev–Trinajstić information content (AvgIpc) is 2.77. The van der Waals surface area contributed by atoms with Gasteiger partial charge in [-0.3, -0.25) is 14.5 Å². The lowest BCUT2D eigenvalue weighted by atomic mass is 10.1. The van der Waals surface area contributed by atoms with Crippen molar-refractivity contribution in [2.24, 2.45) is 0 Å². The lowest BCUT2D eigenvalue weighted by Gasteiger charge is -1.99. The lowest BCUT2D eigenvalue weighted by Crippen LogP contribution is -2.03. The molecule has 0 saturated heterocycles. The average molecular weight is 229 g/mol. The fourth-order valence-corrected chi connectivity index (χ4v) is 1.68. The Hall–Kier alpha value is -1.97. The minimum atomic E-state index is 0.103. The maximum absolute atomic E-state index is 12.0. The summed E-state index contributed by atoms with van der Waals surface area (Å²) in [6.07, 6.45) is 5.71. The molecule has 2 heterocycles. The van der Waals surface area contributed by atoms with Crippen LogP contribution in [0, 0.1) is 6.92 Å². The summed E-state index contributed by atoms with van der Waals surface area (Å²) in [5.41, 5.74) is 2.52. The Bertz CT molecular complexity index is 531. The molecule has 0 saturated carbocycles. The first kappa shape index (κ1) is 11.5. The van der Waals surface area contributed by atoms with Crippen molar-refractivity contribution in [1.29, 1.82) is 0 Å². The van der Waals surface area contributed by atoms with Crippen LogP contribution in [0.25, 0.3) is 0 Å². The summed E-state index contributed by atoms with van der Waals surface area (Å²) in [6, 6.07) is 3.56. The van der Waals surface area contributed by atoms with Crippen LogP contribution in [0.4, 0.5) is 0 Å². The first-order chi connectivity index (χ1) is 8.19. The van der Waals surface area contributed by atoms with Gasteiger partial charge in [0.25, 0.3) is 0 Å². The lowest BCUT2D eigenvalue weighted by molar-refractivity contribution is 0.0992. The highest BCUT2D eigenvalue weighted by molar-refractivity contribution is 5.97. The Balaban J connectivity index is 2.11. The van der Waals surface area contributed by atoms with Crippen LogP contribution in [0.1, 0.15) is 28.5 Å². The van der Waals surface area contributed by atoms with Gasteiger partial charge >= 0.3 is 0 Å². The van der Waals surface area contributed by atoms with Crippen molar-refractivity contribution < 1.29 is 4.79 Å². The van der Waals surface area contributed by atoms with Crippen LogP contribution in [0.2, 0.25) is 0 Å². The van der Waals surface area contributed by atoms with E-state index in [1.807, 2.05) is 30.8 Å². The number of aromatic nitrogens is 3. The van der Waals surface area contributed by atoms with Gasteiger partial charge in [0, 0.05) is 36.6 Å². The largest absolute Gasteiger partial charge is 0.294 e. The molecule has 2 rings (SSSR count). The van der Waals surface area contributed by atoms with Gasteiger partial charge in [0.2, 0.25) is 0 Å². The van der Waals surface area contributed by atoms with E-state index >= 15 is 0 Å². The molecule has 0 radical (unpaired) electrons. The van der Waals surface area contributed by atoms with Crippen LogP contribution < -0.4 is 0 Å². The van der Waals surface area contributed by atoms with Crippen molar-refractivity contribution in [3.63, 3.8) is 0 Å². The number of Topliss-reactive ketones (excluding diaryl/α,β-unsaturated/α-hetero) is 1. The van der Waals surface area contributed by atoms with Crippen LogP contribution in [-0.4, -0.2) is 20.5 Å². The quantitative estimate of drug-likeness (QED) is 0.754. The predicted octanol–water partition coefficient (Wildman–Crippen LogP) is 2.03. The van der Waals surface area contributed by atoms with E-state index in [0.29, 0.717) is 12.0 Å². The molecule has 88 valence electrons. The number of rotatable bonds is 4. The molecule has 17 heavy (non-hydrogen) atoms. The van der Waals surface area contributed by atoms with Crippen molar-refractivity contribution in [3.8, 4) is 0 Å².